The molecule has 166 valence electrons. The molecule has 0 N–H and O–H groups in total. The molecule has 0 spiro atoms. The van der Waals surface area contributed by atoms with Crippen LogP contribution in [0.2, 0.25) is 5.02 Å². The molecule has 5 rings (SSSR count). The van der Waals surface area contributed by atoms with Crippen LogP contribution >= 0.6 is 11.6 Å². The van der Waals surface area contributed by atoms with Gasteiger partial charge in [0.05, 0.1) is 17.1 Å². The van der Waals surface area contributed by atoms with E-state index in [0.29, 0.717) is 34.1 Å². The number of benzene rings is 4. The van der Waals surface area contributed by atoms with Crippen molar-refractivity contribution in [1.29, 1.82) is 0 Å². The van der Waals surface area contributed by atoms with Crippen molar-refractivity contribution in [3.05, 3.63) is 130 Å². The Morgan fingerprint density at radius 2 is 1.56 bits per heavy atom. The van der Waals surface area contributed by atoms with E-state index in [2.05, 4.69) is 5.10 Å². The largest absolute Gasteiger partial charge is 0.488 e. The molecule has 5 aromatic rings. The predicted molar refractivity (Wildman–Crippen MR) is 137 cm³/mol. The van der Waals surface area contributed by atoms with E-state index in [1.165, 1.54) is 4.68 Å². The number of halogens is 1. The van der Waals surface area contributed by atoms with Crippen LogP contribution in [0, 0.1) is 0 Å². The molecule has 6 heteroatoms. The first-order valence-corrected chi connectivity index (χ1v) is 11.2. The molecule has 1 heterocycles. The monoisotopic (exact) mass is 465 g/mol. The van der Waals surface area contributed by atoms with Crippen LogP contribution < -0.4 is 10.3 Å². The molecule has 0 aliphatic rings. The lowest BCUT2D eigenvalue weighted by molar-refractivity contribution is 0.306. The van der Waals surface area contributed by atoms with E-state index >= 15 is 0 Å². The Labute approximate surface area is 201 Å². The first-order chi connectivity index (χ1) is 16.7. The van der Waals surface area contributed by atoms with Gasteiger partial charge in [0.1, 0.15) is 12.4 Å². The fourth-order valence-corrected chi connectivity index (χ4v) is 3.80. The second kappa shape index (κ2) is 9.73. The minimum absolute atomic E-state index is 0.241. The Bertz CT molecular complexity index is 1540. The van der Waals surface area contributed by atoms with Gasteiger partial charge in [-0.3, -0.25) is 4.79 Å². The summed E-state index contributed by atoms with van der Waals surface area (Å²) in [5.74, 6) is 1.10. The van der Waals surface area contributed by atoms with Crippen LogP contribution in [0.4, 0.5) is 0 Å². The first-order valence-electron chi connectivity index (χ1n) is 10.8. The van der Waals surface area contributed by atoms with Crippen molar-refractivity contribution in [2.24, 2.45) is 5.10 Å². The Hall–Kier alpha value is -4.22. The van der Waals surface area contributed by atoms with Crippen LogP contribution in [0.25, 0.3) is 22.3 Å². The summed E-state index contributed by atoms with van der Waals surface area (Å²) in [6, 6.07) is 31.9. The first kappa shape index (κ1) is 21.6. The normalized spacial score (nSPS) is 11.2. The summed E-state index contributed by atoms with van der Waals surface area (Å²) < 4.78 is 7.36. The fourth-order valence-electron chi connectivity index (χ4n) is 3.61. The van der Waals surface area contributed by atoms with Crippen molar-refractivity contribution in [1.82, 2.24) is 9.66 Å². The van der Waals surface area contributed by atoms with Crippen molar-refractivity contribution in [3.8, 4) is 17.1 Å². The molecule has 0 bridgehead atoms. The molecule has 0 unspecified atom stereocenters. The van der Waals surface area contributed by atoms with Crippen molar-refractivity contribution < 1.29 is 4.74 Å². The van der Waals surface area contributed by atoms with E-state index in [4.69, 9.17) is 21.3 Å². The Morgan fingerprint density at radius 1 is 0.853 bits per heavy atom. The molecule has 0 atom stereocenters. The van der Waals surface area contributed by atoms with Gasteiger partial charge in [0.2, 0.25) is 0 Å². The second-order valence-corrected chi connectivity index (χ2v) is 8.01. The molecule has 34 heavy (non-hydrogen) atoms. The highest BCUT2D eigenvalue weighted by molar-refractivity contribution is 6.31. The highest BCUT2D eigenvalue weighted by Crippen LogP contribution is 2.22. The second-order valence-electron chi connectivity index (χ2n) is 7.60. The number of nitrogens with zero attached hydrogens (tertiary/aromatic N) is 3. The van der Waals surface area contributed by atoms with E-state index < -0.39 is 0 Å². The molecule has 0 radical (unpaired) electrons. The van der Waals surface area contributed by atoms with Crippen LogP contribution in [0.3, 0.4) is 0 Å². The van der Waals surface area contributed by atoms with E-state index in [1.54, 1.807) is 12.3 Å². The van der Waals surface area contributed by atoms with E-state index in [-0.39, 0.29) is 5.56 Å². The fraction of sp³-hybridized carbons (Fsp3) is 0.0357. The molecule has 0 aliphatic carbocycles. The van der Waals surface area contributed by atoms with Gasteiger partial charge in [-0.15, -0.1) is 0 Å². The van der Waals surface area contributed by atoms with Gasteiger partial charge < -0.3 is 4.74 Å². The topological polar surface area (TPSA) is 56.5 Å². The van der Waals surface area contributed by atoms with E-state index in [1.807, 2.05) is 97.1 Å². The third kappa shape index (κ3) is 4.47. The zero-order valence-corrected chi connectivity index (χ0v) is 18.9. The van der Waals surface area contributed by atoms with Crippen molar-refractivity contribution in [2.45, 2.75) is 6.61 Å². The highest BCUT2D eigenvalue weighted by Gasteiger charge is 2.12. The van der Waals surface area contributed by atoms with E-state index in [0.717, 1.165) is 16.7 Å². The van der Waals surface area contributed by atoms with Gasteiger partial charge >= 0.3 is 0 Å². The summed E-state index contributed by atoms with van der Waals surface area (Å²) in [6.07, 6.45) is 1.62. The Balaban J connectivity index is 1.55. The number of fused-ring (bicyclic) bond motifs is 1. The van der Waals surface area contributed by atoms with Crippen molar-refractivity contribution >= 4 is 28.7 Å². The van der Waals surface area contributed by atoms with Gasteiger partial charge in [-0.25, -0.2) is 4.98 Å². The molecule has 1 aromatic heterocycles. The molecular weight excluding hydrogens is 446 g/mol. The van der Waals surface area contributed by atoms with E-state index in [9.17, 15) is 4.79 Å². The third-order valence-corrected chi connectivity index (χ3v) is 5.73. The van der Waals surface area contributed by atoms with Crippen LogP contribution in [-0.2, 0) is 6.61 Å². The van der Waals surface area contributed by atoms with Gasteiger partial charge in [0.15, 0.2) is 5.82 Å². The summed E-state index contributed by atoms with van der Waals surface area (Å²) in [4.78, 5) is 18.1. The highest BCUT2D eigenvalue weighted by atomic mass is 35.5. The molecule has 0 amide bonds. The number of hydrogen-bond acceptors (Lipinski definition) is 4. The maximum Gasteiger partial charge on any atom is 0.282 e. The lowest BCUT2D eigenvalue weighted by Crippen LogP contribution is -2.20. The van der Waals surface area contributed by atoms with Gasteiger partial charge in [-0.1, -0.05) is 84.4 Å². The summed E-state index contributed by atoms with van der Waals surface area (Å²) in [5.41, 5.74) is 2.80. The number of aromatic nitrogens is 2. The number of hydrogen-bond donors (Lipinski definition) is 0. The van der Waals surface area contributed by atoms with Gasteiger partial charge in [0, 0.05) is 21.7 Å². The number of ether oxygens (including phenoxy) is 1. The van der Waals surface area contributed by atoms with Crippen LogP contribution in [0.15, 0.2) is 113 Å². The summed E-state index contributed by atoms with van der Waals surface area (Å²) in [6.45, 7) is 0.317. The Morgan fingerprint density at radius 3 is 2.41 bits per heavy atom. The van der Waals surface area contributed by atoms with Crippen LogP contribution in [0.1, 0.15) is 11.1 Å². The standard InChI is InChI=1S/C28H20ClN3O2/c29-24-15-7-4-13-22(24)19-34-26-17-9-5-12-21(26)18-30-32-27(20-10-2-1-3-11-20)31-25-16-8-6-14-23(25)28(32)33/h1-18H,19H2. The van der Waals surface area contributed by atoms with Crippen molar-refractivity contribution in [3.63, 3.8) is 0 Å². The van der Waals surface area contributed by atoms with Crippen LogP contribution in [-0.4, -0.2) is 15.9 Å². The predicted octanol–water partition coefficient (Wildman–Crippen LogP) is 6.18. The molecule has 0 fully saturated rings. The molecule has 4 aromatic carbocycles. The SMILES string of the molecule is O=c1c2ccccc2nc(-c2ccccc2)n1N=Cc1ccccc1OCc1ccccc1Cl. The maximum atomic E-state index is 13.3. The minimum atomic E-state index is -0.241. The molecule has 5 nitrogen and oxygen atoms in total. The molecule has 0 saturated heterocycles. The summed E-state index contributed by atoms with van der Waals surface area (Å²) >= 11 is 6.26. The zero-order chi connectivity index (χ0) is 23.3. The lowest BCUT2D eigenvalue weighted by atomic mass is 10.2. The molecule has 0 saturated carbocycles. The third-order valence-electron chi connectivity index (χ3n) is 5.36. The van der Waals surface area contributed by atoms with Gasteiger partial charge in [-0.2, -0.15) is 9.78 Å². The van der Waals surface area contributed by atoms with Crippen molar-refractivity contribution in [2.75, 3.05) is 0 Å². The lowest BCUT2D eigenvalue weighted by Gasteiger charge is -2.11. The quantitative estimate of drug-likeness (QED) is 0.281. The Kier molecular flexibility index (Phi) is 6.19. The zero-order valence-electron chi connectivity index (χ0n) is 18.1. The molecule has 0 aliphatic heterocycles. The average Bonchev–Trinajstić information content (AvgIpc) is 2.89. The average molecular weight is 466 g/mol. The van der Waals surface area contributed by atoms with Gasteiger partial charge in [-0.05, 0) is 30.3 Å². The minimum Gasteiger partial charge on any atom is -0.488 e. The van der Waals surface area contributed by atoms with Crippen LogP contribution in [0.5, 0.6) is 5.75 Å². The summed E-state index contributed by atoms with van der Waals surface area (Å²) in [7, 11) is 0. The summed E-state index contributed by atoms with van der Waals surface area (Å²) in [5, 5.41) is 5.70. The molecular formula is C28H20ClN3O2. The number of para-hydroxylation sites is 2. The van der Waals surface area contributed by atoms with Gasteiger partial charge in [0.25, 0.3) is 5.56 Å². The number of rotatable bonds is 6. The maximum absolute atomic E-state index is 13.3. The smallest absolute Gasteiger partial charge is 0.282 e.